The predicted molar refractivity (Wildman–Crippen MR) is 80.5 cm³/mol. The van der Waals surface area contributed by atoms with Crippen LogP contribution in [0, 0.1) is 11.3 Å². The molecule has 4 nitrogen and oxygen atoms in total. The lowest BCUT2D eigenvalue weighted by Gasteiger charge is -2.29. The van der Waals surface area contributed by atoms with Crippen molar-refractivity contribution < 1.29 is 14.6 Å². The van der Waals surface area contributed by atoms with Crippen LogP contribution in [0.25, 0.3) is 0 Å². The second-order valence-electron chi connectivity index (χ2n) is 7.32. The molecule has 3 unspecified atom stereocenters. The molecule has 0 spiro atoms. The number of amides is 1. The lowest BCUT2D eigenvalue weighted by Crippen LogP contribution is -2.42. The number of hydrogen-bond donors (Lipinski definition) is 2. The Bertz CT molecular complexity index is 299. The number of aliphatic hydroxyl groups is 1. The molecule has 1 aliphatic carbocycles. The van der Waals surface area contributed by atoms with Crippen LogP contribution >= 0.6 is 0 Å². The Balaban J connectivity index is 2.31. The first kappa shape index (κ1) is 17.4. The summed E-state index contributed by atoms with van der Waals surface area (Å²) in [5, 5.41) is 12.2. The van der Waals surface area contributed by atoms with Crippen molar-refractivity contribution in [1.82, 2.24) is 5.32 Å². The van der Waals surface area contributed by atoms with Crippen LogP contribution < -0.4 is 5.32 Å². The molecule has 0 bridgehead atoms. The zero-order valence-corrected chi connectivity index (χ0v) is 13.4. The summed E-state index contributed by atoms with van der Waals surface area (Å²) in [6.07, 6.45) is 5.68. The first-order chi connectivity index (χ1) is 9.31. The standard InChI is InChI=1S/C16H31NO3/c1-12-7-5-6-8-14(12)20-11-15(19)17-13(10-18)9-16(2,3)4/h12-14,18H,5-11H2,1-4H3,(H,17,19). The second kappa shape index (κ2) is 7.99. The number of carbonyl (C=O) groups excluding carboxylic acids is 1. The summed E-state index contributed by atoms with van der Waals surface area (Å²) >= 11 is 0. The molecule has 1 amide bonds. The van der Waals surface area contributed by atoms with Crippen LogP contribution in [-0.4, -0.2) is 36.4 Å². The first-order valence-electron chi connectivity index (χ1n) is 7.83. The van der Waals surface area contributed by atoms with Gasteiger partial charge in [0.25, 0.3) is 0 Å². The Morgan fingerprint density at radius 3 is 2.55 bits per heavy atom. The molecule has 20 heavy (non-hydrogen) atoms. The predicted octanol–water partition coefficient (Wildman–Crippen LogP) is 2.50. The highest BCUT2D eigenvalue weighted by atomic mass is 16.5. The fourth-order valence-corrected chi connectivity index (χ4v) is 2.88. The Hall–Kier alpha value is -0.610. The van der Waals surface area contributed by atoms with Crippen LogP contribution in [-0.2, 0) is 9.53 Å². The Morgan fingerprint density at radius 1 is 1.35 bits per heavy atom. The third-order valence-corrected chi connectivity index (χ3v) is 3.91. The van der Waals surface area contributed by atoms with E-state index in [1.165, 1.54) is 19.3 Å². The van der Waals surface area contributed by atoms with Crippen molar-refractivity contribution in [3.8, 4) is 0 Å². The molecule has 2 N–H and O–H groups in total. The van der Waals surface area contributed by atoms with Crippen LogP contribution in [0.5, 0.6) is 0 Å². The maximum atomic E-state index is 11.9. The molecule has 1 saturated carbocycles. The van der Waals surface area contributed by atoms with Crippen LogP contribution in [0.2, 0.25) is 0 Å². The number of hydrogen-bond acceptors (Lipinski definition) is 3. The molecule has 1 aliphatic rings. The van der Waals surface area contributed by atoms with Crippen molar-refractivity contribution in [2.24, 2.45) is 11.3 Å². The van der Waals surface area contributed by atoms with Gasteiger partial charge in [0.05, 0.1) is 18.8 Å². The van der Waals surface area contributed by atoms with Crippen molar-refractivity contribution in [1.29, 1.82) is 0 Å². The lowest BCUT2D eigenvalue weighted by molar-refractivity contribution is -0.130. The van der Waals surface area contributed by atoms with Gasteiger partial charge in [0.1, 0.15) is 6.61 Å². The fraction of sp³-hybridized carbons (Fsp3) is 0.938. The third-order valence-electron chi connectivity index (χ3n) is 3.91. The summed E-state index contributed by atoms with van der Waals surface area (Å²) in [7, 11) is 0. The van der Waals surface area contributed by atoms with E-state index in [4.69, 9.17) is 4.74 Å². The highest BCUT2D eigenvalue weighted by Crippen LogP contribution is 2.26. The van der Waals surface area contributed by atoms with E-state index in [1.54, 1.807) is 0 Å². The van der Waals surface area contributed by atoms with E-state index in [9.17, 15) is 9.90 Å². The average Bonchev–Trinajstić information content (AvgIpc) is 2.35. The first-order valence-corrected chi connectivity index (χ1v) is 7.83. The number of ether oxygens (including phenoxy) is 1. The summed E-state index contributed by atoms with van der Waals surface area (Å²) in [6, 6.07) is -0.185. The summed E-state index contributed by atoms with van der Waals surface area (Å²) in [5.41, 5.74) is 0.0828. The highest BCUT2D eigenvalue weighted by Gasteiger charge is 2.24. The van der Waals surface area contributed by atoms with E-state index in [0.29, 0.717) is 5.92 Å². The van der Waals surface area contributed by atoms with Crippen molar-refractivity contribution in [2.75, 3.05) is 13.2 Å². The maximum absolute atomic E-state index is 11.9. The largest absolute Gasteiger partial charge is 0.394 e. The minimum atomic E-state index is -0.185. The van der Waals surface area contributed by atoms with Gasteiger partial charge in [-0.25, -0.2) is 0 Å². The molecule has 1 fully saturated rings. The van der Waals surface area contributed by atoms with Gasteiger partial charge in [-0.05, 0) is 30.6 Å². The Kier molecular flexibility index (Phi) is 6.96. The smallest absolute Gasteiger partial charge is 0.246 e. The van der Waals surface area contributed by atoms with Crippen LogP contribution in [0.3, 0.4) is 0 Å². The van der Waals surface area contributed by atoms with Gasteiger partial charge in [-0.15, -0.1) is 0 Å². The molecule has 0 saturated heterocycles. The van der Waals surface area contributed by atoms with E-state index in [2.05, 4.69) is 33.0 Å². The monoisotopic (exact) mass is 285 g/mol. The fourth-order valence-electron chi connectivity index (χ4n) is 2.88. The summed E-state index contributed by atoms with van der Waals surface area (Å²) < 4.78 is 5.74. The van der Waals surface area contributed by atoms with E-state index in [1.807, 2.05) is 0 Å². The van der Waals surface area contributed by atoms with E-state index < -0.39 is 0 Å². The second-order valence-corrected chi connectivity index (χ2v) is 7.32. The van der Waals surface area contributed by atoms with Gasteiger partial charge in [-0.2, -0.15) is 0 Å². The number of aliphatic hydroxyl groups excluding tert-OH is 1. The number of rotatable bonds is 6. The minimum Gasteiger partial charge on any atom is -0.394 e. The molecule has 3 atom stereocenters. The molecule has 0 aromatic carbocycles. The molecule has 0 aromatic rings. The third kappa shape index (κ3) is 6.71. The van der Waals surface area contributed by atoms with Crippen molar-refractivity contribution >= 4 is 5.91 Å². The molecular formula is C16H31NO3. The van der Waals surface area contributed by atoms with Gasteiger partial charge in [-0.1, -0.05) is 40.5 Å². The van der Waals surface area contributed by atoms with Crippen molar-refractivity contribution in [3.05, 3.63) is 0 Å². The molecule has 0 aromatic heterocycles. The summed E-state index contributed by atoms with van der Waals surface area (Å²) in [5.74, 6) is 0.422. The molecule has 1 rings (SSSR count). The normalized spacial score (nSPS) is 25.2. The van der Waals surface area contributed by atoms with Gasteiger partial charge in [0.2, 0.25) is 5.91 Å². The molecule has 0 aliphatic heterocycles. The lowest BCUT2D eigenvalue weighted by atomic mass is 9.88. The minimum absolute atomic E-state index is 0.0250. The van der Waals surface area contributed by atoms with E-state index >= 15 is 0 Å². The van der Waals surface area contributed by atoms with Crippen molar-refractivity contribution in [2.45, 2.75) is 71.9 Å². The van der Waals surface area contributed by atoms with Crippen LogP contribution in [0.4, 0.5) is 0 Å². The highest BCUT2D eigenvalue weighted by molar-refractivity contribution is 5.77. The summed E-state index contributed by atoms with van der Waals surface area (Å²) in [6.45, 7) is 8.57. The quantitative estimate of drug-likeness (QED) is 0.788. The number of carbonyl (C=O) groups is 1. The van der Waals surface area contributed by atoms with Crippen molar-refractivity contribution in [3.63, 3.8) is 0 Å². The molecule has 0 heterocycles. The van der Waals surface area contributed by atoms with Gasteiger partial charge < -0.3 is 15.2 Å². The topological polar surface area (TPSA) is 58.6 Å². The molecule has 4 heteroatoms. The van der Waals surface area contributed by atoms with Crippen LogP contribution in [0.1, 0.15) is 59.8 Å². The van der Waals surface area contributed by atoms with Crippen LogP contribution in [0.15, 0.2) is 0 Å². The van der Waals surface area contributed by atoms with E-state index in [-0.39, 0.29) is 36.7 Å². The molecular weight excluding hydrogens is 254 g/mol. The Morgan fingerprint density at radius 2 is 2.00 bits per heavy atom. The SMILES string of the molecule is CC1CCCCC1OCC(=O)NC(CO)CC(C)(C)C. The molecule has 0 radical (unpaired) electrons. The average molecular weight is 285 g/mol. The van der Waals surface area contributed by atoms with Gasteiger partial charge in [0.15, 0.2) is 0 Å². The van der Waals surface area contributed by atoms with Gasteiger partial charge >= 0.3 is 0 Å². The maximum Gasteiger partial charge on any atom is 0.246 e. The summed E-state index contributed by atoms with van der Waals surface area (Å²) in [4.78, 5) is 11.9. The molecule has 118 valence electrons. The van der Waals surface area contributed by atoms with Gasteiger partial charge in [0, 0.05) is 0 Å². The number of nitrogens with one attached hydrogen (secondary N) is 1. The Labute approximate surface area is 123 Å². The van der Waals surface area contributed by atoms with E-state index in [0.717, 1.165) is 12.8 Å². The zero-order chi connectivity index (χ0) is 15.2. The van der Waals surface area contributed by atoms with Gasteiger partial charge in [-0.3, -0.25) is 4.79 Å². The zero-order valence-electron chi connectivity index (χ0n) is 13.4.